The van der Waals surface area contributed by atoms with Crippen molar-refractivity contribution in [3.8, 4) is 0 Å². The van der Waals surface area contributed by atoms with Crippen molar-refractivity contribution in [3.63, 3.8) is 0 Å². The molecule has 0 bridgehead atoms. The first-order valence-electron chi connectivity index (χ1n) is 5.41. The number of nitrogens with zero attached hydrogens (tertiary/aromatic N) is 1. The Balaban J connectivity index is 2.33. The second kappa shape index (κ2) is 4.73. The molecule has 5 nitrogen and oxygen atoms in total. The quantitative estimate of drug-likeness (QED) is 0.799. The normalized spacial score (nSPS) is 18.9. The Morgan fingerprint density at radius 1 is 1.44 bits per heavy atom. The van der Waals surface area contributed by atoms with E-state index in [1.165, 1.54) is 0 Å². The van der Waals surface area contributed by atoms with E-state index in [0.717, 1.165) is 11.3 Å². The monoisotopic (exact) mass is 264 g/mol. The Hall–Kier alpha value is -1.95. The molecule has 1 saturated heterocycles. The van der Waals surface area contributed by atoms with Gasteiger partial charge >= 0.3 is 5.97 Å². The van der Waals surface area contributed by atoms with E-state index in [1.54, 1.807) is 4.90 Å². The van der Waals surface area contributed by atoms with Crippen LogP contribution in [-0.2, 0) is 9.59 Å². The third-order valence-electron chi connectivity index (χ3n) is 2.74. The van der Waals surface area contributed by atoms with Crippen LogP contribution in [0.5, 0.6) is 0 Å². The molecule has 0 spiro atoms. The van der Waals surface area contributed by atoms with E-state index >= 15 is 0 Å². The molecule has 1 aromatic rings. The van der Waals surface area contributed by atoms with Gasteiger partial charge in [-0.05, 0) is 31.3 Å². The van der Waals surface area contributed by atoms with E-state index in [-0.39, 0.29) is 17.4 Å². The lowest BCUT2D eigenvalue weighted by atomic mass is 10.1. The van der Waals surface area contributed by atoms with Crippen LogP contribution in [0.25, 0.3) is 0 Å². The van der Waals surface area contributed by atoms with E-state index in [1.807, 2.05) is 31.2 Å². The second-order valence-corrected chi connectivity index (χ2v) is 4.50. The summed E-state index contributed by atoms with van der Waals surface area (Å²) in [5.41, 5.74) is 1.80. The van der Waals surface area contributed by atoms with E-state index in [4.69, 9.17) is 17.3 Å². The average molecular weight is 264 g/mol. The van der Waals surface area contributed by atoms with Gasteiger partial charge in [0.15, 0.2) is 5.11 Å². The molecule has 0 saturated carbocycles. The summed E-state index contributed by atoms with van der Waals surface area (Å²) in [5, 5.41) is 11.6. The molecule has 1 unspecified atom stereocenters. The molecular weight excluding hydrogens is 252 g/mol. The molecule has 94 valence electrons. The number of aliphatic carboxylic acids is 1. The van der Waals surface area contributed by atoms with E-state index < -0.39 is 12.0 Å². The number of nitrogens with one attached hydrogen (secondary N) is 1. The van der Waals surface area contributed by atoms with Crippen molar-refractivity contribution in [2.24, 2.45) is 0 Å². The van der Waals surface area contributed by atoms with Crippen molar-refractivity contribution in [3.05, 3.63) is 29.8 Å². The van der Waals surface area contributed by atoms with Crippen molar-refractivity contribution >= 4 is 34.9 Å². The van der Waals surface area contributed by atoms with Gasteiger partial charge in [-0.2, -0.15) is 0 Å². The highest BCUT2D eigenvalue weighted by molar-refractivity contribution is 7.80. The van der Waals surface area contributed by atoms with Gasteiger partial charge in [-0.15, -0.1) is 0 Å². The Labute approximate surface area is 109 Å². The van der Waals surface area contributed by atoms with E-state index in [2.05, 4.69) is 5.32 Å². The van der Waals surface area contributed by atoms with Gasteiger partial charge in [-0.25, -0.2) is 0 Å². The predicted octanol–water partition coefficient (Wildman–Crippen LogP) is 1.06. The van der Waals surface area contributed by atoms with Crippen molar-refractivity contribution in [2.75, 3.05) is 4.90 Å². The number of carbonyl (C=O) groups excluding carboxylic acids is 1. The molecule has 1 aliphatic heterocycles. The van der Waals surface area contributed by atoms with Crippen LogP contribution in [-0.4, -0.2) is 28.1 Å². The van der Waals surface area contributed by atoms with Crippen molar-refractivity contribution in [2.45, 2.75) is 19.4 Å². The van der Waals surface area contributed by atoms with E-state index in [9.17, 15) is 9.59 Å². The SMILES string of the molecule is Cc1ccc(N2C(=S)NC(=O)C2CC(=O)O)cc1. The van der Waals surface area contributed by atoms with Crippen LogP contribution in [0.4, 0.5) is 5.69 Å². The highest BCUT2D eigenvalue weighted by atomic mass is 32.1. The first-order valence-corrected chi connectivity index (χ1v) is 5.82. The molecule has 0 radical (unpaired) electrons. The average Bonchev–Trinajstić information content (AvgIpc) is 2.55. The zero-order valence-electron chi connectivity index (χ0n) is 9.71. The lowest BCUT2D eigenvalue weighted by Crippen LogP contribution is -2.36. The van der Waals surface area contributed by atoms with Gasteiger partial charge in [-0.1, -0.05) is 17.7 Å². The van der Waals surface area contributed by atoms with Gasteiger partial charge in [-0.3, -0.25) is 9.59 Å². The fourth-order valence-corrected chi connectivity index (χ4v) is 2.19. The number of benzene rings is 1. The fourth-order valence-electron chi connectivity index (χ4n) is 1.86. The maximum atomic E-state index is 11.7. The number of rotatable bonds is 3. The van der Waals surface area contributed by atoms with Gasteiger partial charge in [0, 0.05) is 5.69 Å². The molecule has 18 heavy (non-hydrogen) atoms. The van der Waals surface area contributed by atoms with Crippen LogP contribution >= 0.6 is 12.2 Å². The Kier molecular flexibility index (Phi) is 3.29. The third-order valence-corrected chi connectivity index (χ3v) is 3.04. The summed E-state index contributed by atoms with van der Waals surface area (Å²) in [6, 6.07) is 6.63. The third kappa shape index (κ3) is 2.33. The number of anilines is 1. The Morgan fingerprint density at radius 3 is 2.61 bits per heavy atom. The van der Waals surface area contributed by atoms with Gasteiger partial charge in [0.05, 0.1) is 6.42 Å². The summed E-state index contributed by atoms with van der Waals surface area (Å²) in [5.74, 6) is -1.40. The largest absolute Gasteiger partial charge is 0.481 e. The number of aryl methyl sites for hydroxylation is 1. The molecule has 0 aromatic heterocycles. The molecule has 1 fully saturated rings. The first-order chi connectivity index (χ1) is 8.49. The highest BCUT2D eigenvalue weighted by Crippen LogP contribution is 2.23. The molecular formula is C12H12N2O3S. The van der Waals surface area contributed by atoms with Crippen molar-refractivity contribution in [1.29, 1.82) is 0 Å². The zero-order valence-corrected chi connectivity index (χ0v) is 10.5. The van der Waals surface area contributed by atoms with Crippen LogP contribution in [0, 0.1) is 6.92 Å². The molecule has 1 aromatic carbocycles. The summed E-state index contributed by atoms with van der Waals surface area (Å²) >= 11 is 5.06. The van der Waals surface area contributed by atoms with Gasteiger partial charge in [0.2, 0.25) is 5.91 Å². The summed E-state index contributed by atoms with van der Waals surface area (Å²) in [6.07, 6.45) is -0.278. The van der Waals surface area contributed by atoms with Crippen LogP contribution < -0.4 is 10.2 Å². The number of hydrogen-bond acceptors (Lipinski definition) is 3. The smallest absolute Gasteiger partial charge is 0.306 e. The Morgan fingerprint density at radius 2 is 2.06 bits per heavy atom. The number of amides is 1. The molecule has 1 atom stereocenters. The van der Waals surface area contributed by atoms with Gasteiger partial charge in [0.25, 0.3) is 0 Å². The number of carboxylic acid groups (broad SMARTS) is 1. The van der Waals surface area contributed by atoms with Crippen molar-refractivity contribution < 1.29 is 14.7 Å². The van der Waals surface area contributed by atoms with Crippen LogP contribution in [0.15, 0.2) is 24.3 Å². The van der Waals surface area contributed by atoms with Crippen LogP contribution in [0.1, 0.15) is 12.0 Å². The zero-order chi connectivity index (χ0) is 13.3. The lowest BCUT2D eigenvalue weighted by Gasteiger charge is -2.22. The number of thiocarbonyl (C=S) groups is 1. The molecule has 2 rings (SSSR count). The summed E-state index contributed by atoms with van der Waals surface area (Å²) < 4.78 is 0. The maximum Gasteiger partial charge on any atom is 0.306 e. The van der Waals surface area contributed by atoms with Gasteiger partial charge in [0.1, 0.15) is 6.04 Å². The molecule has 6 heteroatoms. The molecule has 2 N–H and O–H groups in total. The first kappa shape index (κ1) is 12.5. The Bertz CT molecular complexity index is 513. The molecule has 1 heterocycles. The highest BCUT2D eigenvalue weighted by Gasteiger charge is 2.38. The molecule has 1 aliphatic rings. The summed E-state index contributed by atoms with van der Waals surface area (Å²) in [7, 11) is 0. The van der Waals surface area contributed by atoms with E-state index in [0.29, 0.717) is 0 Å². The van der Waals surface area contributed by atoms with Gasteiger partial charge < -0.3 is 15.3 Å². The van der Waals surface area contributed by atoms with Crippen molar-refractivity contribution in [1.82, 2.24) is 5.32 Å². The standard InChI is InChI=1S/C12H12N2O3S/c1-7-2-4-8(5-3-7)14-9(6-10(15)16)11(17)13-12(14)18/h2-5,9H,6H2,1H3,(H,15,16)(H,13,17,18). The summed E-state index contributed by atoms with van der Waals surface area (Å²) in [4.78, 5) is 24.0. The number of hydrogen-bond donors (Lipinski definition) is 2. The topological polar surface area (TPSA) is 69.6 Å². The predicted molar refractivity (Wildman–Crippen MR) is 70.4 cm³/mol. The maximum absolute atomic E-state index is 11.7. The van der Waals surface area contributed by atoms with Crippen LogP contribution in [0.2, 0.25) is 0 Å². The minimum Gasteiger partial charge on any atom is -0.481 e. The second-order valence-electron chi connectivity index (χ2n) is 4.11. The molecule has 0 aliphatic carbocycles. The minimum atomic E-state index is -1.03. The lowest BCUT2D eigenvalue weighted by molar-refractivity contribution is -0.139. The minimum absolute atomic E-state index is 0.245. The number of carboxylic acids is 1. The molecule has 1 amide bonds. The van der Waals surface area contributed by atoms with Crippen LogP contribution in [0.3, 0.4) is 0 Å². The fraction of sp³-hybridized carbons (Fsp3) is 0.250. The number of carbonyl (C=O) groups is 2. The summed E-state index contributed by atoms with van der Waals surface area (Å²) in [6.45, 7) is 1.95.